The van der Waals surface area contributed by atoms with Crippen molar-refractivity contribution < 1.29 is 13.2 Å². The van der Waals surface area contributed by atoms with Gasteiger partial charge in [0.25, 0.3) is 0 Å². The summed E-state index contributed by atoms with van der Waals surface area (Å²) in [5.41, 5.74) is 1.89. The molecule has 0 saturated carbocycles. The first-order valence-electron chi connectivity index (χ1n) is 6.63. The molecular formula is C14H22ClNO3S. The van der Waals surface area contributed by atoms with Gasteiger partial charge in [-0.3, -0.25) is 0 Å². The molecule has 0 fully saturated rings. The molecule has 0 bridgehead atoms. The first-order chi connectivity index (χ1) is 9.23. The van der Waals surface area contributed by atoms with Crippen molar-refractivity contribution in [3.05, 3.63) is 28.3 Å². The molecule has 0 saturated heterocycles. The van der Waals surface area contributed by atoms with Crippen molar-refractivity contribution in [2.75, 3.05) is 12.4 Å². The quantitative estimate of drug-likeness (QED) is 0.839. The minimum absolute atomic E-state index is 0.0491. The van der Waals surface area contributed by atoms with E-state index in [-0.39, 0.29) is 11.7 Å². The van der Waals surface area contributed by atoms with Crippen LogP contribution in [-0.4, -0.2) is 20.8 Å². The summed E-state index contributed by atoms with van der Waals surface area (Å²) in [4.78, 5) is 0. The number of hydrogen-bond acceptors (Lipinski definition) is 3. The van der Waals surface area contributed by atoms with Gasteiger partial charge in [0.1, 0.15) is 5.75 Å². The van der Waals surface area contributed by atoms with E-state index in [1.807, 2.05) is 32.9 Å². The van der Waals surface area contributed by atoms with E-state index in [1.54, 1.807) is 0 Å². The Morgan fingerprint density at radius 1 is 1.30 bits per heavy atom. The zero-order chi connectivity index (χ0) is 15.3. The second-order valence-corrected chi connectivity index (χ2v) is 7.26. The van der Waals surface area contributed by atoms with Crippen LogP contribution in [0.3, 0.4) is 0 Å². The molecule has 0 heterocycles. The van der Waals surface area contributed by atoms with Crippen molar-refractivity contribution in [2.24, 2.45) is 11.1 Å². The van der Waals surface area contributed by atoms with E-state index in [2.05, 4.69) is 0 Å². The summed E-state index contributed by atoms with van der Waals surface area (Å²) in [5, 5.41) is 5.78. The van der Waals surface area contributed by atoms with Crippen LogP contribution in [0.4, 0.5) is 0 Å². The molecule has 0 aliphatic heterocycles. The lowest BCUT2D eigenvalue weighted by molar-refractivity contribution is 0.250. The maximum atomic E-state index is 11.2. The fourth-order valence-corrected chi connectivity index (χ4v) is 3.53. The molecule has 1 unspecified atom stereocenters. The fourth-order valence-electron chi connectivity index (χ4n) is 2.28. The van der Waals surface area contributed by atoms with Crippen LogP contribution in [0.1, 0.15) is 30.9 Å². The maximum absolute atomic E-state index is 11.2. The van der Waals surface area contributed by atoms with Gasteiger partial charge in [0.05, 0.1) is 12.4 Å². The molecule has 4 nitrogen and oxygen atoms in total. The molecule has 1 rings (SSSR count). The number of primary sulfonamides is 1. The van der Waals surface area contributed by atoms with Gasteiger partial charge in [0, 0.05) is 10.9 Å². The second-order valence-electron chi connectivity index (χ2n) is 5.16. The second kappa shape index (κ2) is 7.29. The van der Waals surface area contributed by atoms with Crippen LogP contribution in [0.15, 0.2) is 12.1 Å². The van der Waals surface area contributed by atoms with Crippen molar-refractivity contribution in [2.45, 2.75) is 33.6 Å². The number of halogens is 1. The summed E-state index contributed by atoms with van der Waals surface area (Å²) in [7, 11) is -3.48. The number of hydrogen-bond donors (Lipinski definition) is 1. The van der Waals surface area contributed by atoms with Crippen molar-refractivity contribution in [3.8, 4) is 5.75 Å². The highest BCUT2D eigenvalue weighted by Crippen LogP contribution is 2.27. The first-order valence-corrected chi connectivity index (χ1v) is 8.72. The van der Waals surface area contributed by atoms with Gasteiger partial charge in [-0.2, -0.15) is 0 Å². The topological polar surface area (TPSA) is 69.4 Å². The van der Waals surface area contributed by atoms with E-state index in [0.29, 0.717) is 11.6 Å². The third-order valence-corrected chi connectivity index (χ3v) is 4.21. The molecule has 0 spiro atoms. The Bertz CT molecular complexity index is 535. The van der Waals surface area contributed by atoms with Gasteiger partial charge in [-0.1, -0.05) is 24.9 Å². The van der Waals surface area contributed by atoms with E-state index < -0.39 is 10.0 Å². The maximum Gasteiger partial charge on any atom is 0.209 e. The Balaban J connectivity index is 2.77. The molecule has 2 N–H and O–H groups in total. The zero-order valence-electron chi connectivity index (χ0n) is 12.1. The van der Waals surface area contributed by atoms with Crippen LogP contribution >= 0.6 is 11.6 Å². The van der Waals surface area contributed by atoms with Crippen molar-refractivity contribution >= 4 is 21.6 Å². The van der Waals surface area contributed by atoms with Crippen LogP contribution < -0.4 is 9.88 Å². The highest BCUT2D eigenvalue weighted by atomic mass is 35.5. The van der Waals surface area contributed by atoms with Crippen LogP contribution in [0, 0.1) is 19.8 Å². The third-order valence-electron chi connectivity index (χ3n) is 3.05. The Morgan fingerprint density at radius 2 is 1.85 bits per heavy atom. The Hall–Kier alpha value is -0.780. The van der Waals surface area contributed by atoms with Gasteiger partial charge >= 0.3 is 0 Å². The largest absolute Gasteiger partial charge is 0.493 e. The molecule has 0 aliphatic carbocycles. The highest BCUT2D eigenvalue weighted by Gasteiger charge is 2.17. The average molecular weight is 320 g/mol. The zero-order valence-corrected chi connectivity index (χ0v) is 13.7. The molecule has 1 aromatic rings. The van der Waals surface area contributed by atoms with Crippen LogP contribution in [0.25, 0.3) is 0 Å². The van der Waals surface area contributed by atoms with Crippen molar-refractivity contribution in [1.82, 2.24) is 0 Å². The Morgan fingerprint density at radius 3 is 2.30 bits per heavy atom. The van der Waals surface area contributed by atoms with Gasteiger partial charge in [-0.25, -0.2) is 13.6 Å². The number of sulfonamides is 1. The normalized spacial score (nSPS) is 13.2. The SMILES string of the molecule is CCCC(COc1c(C)cc(Cl)cc1C)CS(N)(=O)=O. The summed E-state index contributed by atoms with van der Waals surface area (Å²) in [6.07, 6.45) is 1.66. The molecule has 0 amide bonds. The monoisotopic (exact) mass is 319 g/mol. The van der Waals surface area contributed by atoms with E-state index in [1.165, 1.54) is 0 Å². The predicted molar refractivity (Wildman–Crippen MR) is 82.8 cm³/mol. The minimum atomic E-state index is -3.48. The molecule has 20 heavy (non-hydrogen) atoms. The summed E-state index contributed by atoms with van der Waals surface area (Å²) in [6.45, 7) is 6.19. The van der Waals surface area contributed by atoms with Gasteiger partial charge in [-0.05, 0) is 43.5 Å². The summed E-state index contributed by atoms with van der Waals surface area (Å²) < 4.78 is 28.2. The molecule has 0 aromatic heterocycles. The highest BCUT2D eigenvalue weighted by molar-refractivity contribution is 7.89. The minimum Gasteiger partial charge on any atom is -0.493 e. The average Bonchev–Trinajstić information content (AvgIpc) is 2.25. The van der Waals surface area contributed by atoms with Crippen LogP contribution in [0.5, 0.6) is 5.75 Å². The van der Waals surface area contributed by atoms with E-state index in [4.69, 9.17) is 21.5 Å². The fraction of sp³-hybridized carbons (Fsp3) is 0.571. The molecule has 1 aromatic carbocycles. The van der Waals surface area contributed by atoms with E-state index in [0.717, 1.165) is 29.7 Å². The number of ether oxygens (including phenoxy) is 1. The molecular weight excluding hydrogens is 298 g/mol. The lowest BCUT2D eigenvalue weighted by Crippen LogP contribution is -2.27. The lowest BCUT2D eigenvalue weighted by Gasteiger charge is -2.18. The Kier molecular flexibility index (Phi) is 6.30. The van der Waals surface area contributed by atoms with E-state index >= 15 is 0 Å². The van der Waals surface area contributed by atoms with Gasteiger partial charge in [-0.15, -0.1) is 0 Å². The predicted octanol–water partition coefficient (Wildman–Crippen LogP) is 3.04. The summed E-state index contributed by atoms with van der Waals surface area (Å²) in [6, 6.07) is 3.66. The van der Waals surface area contributed by atoms with Gasteiger partial charge in [0.2, 0.25) is 10.0 Å². The molecule has 114 valence electrons. The van der Waals surface area contributed by atoms with Crippen LogP contribution in [-0.2, 0) is 10.0 Å². The number of benzene rings is 1. The van der Waals surface area contributed by atoms with Crippen molar-refractivity contribution in [3.63, 3.8) is 0 Å². The summed E-state index contributed by atoms with van der Waals surface area (Å²) in [5.74, 6) is 0.626. The van der Waals surface area contributed by atoms with Gasteiger partial charge < -0.3 is 4.74 Å². The number of rotatable bonds is 7. The molecule has 6 heteroatoms. The third kappa shape index (κ3) is 5.69. The van der Waals surface area contributed by atoms with Crippen LogP contribution in [0.2, 0.25) is 5.02 Å². The number of nitrogens with two attached hydrogens (primary N) is 1. The smallest absolute Gasteiger partial charge is 0.209 e. The summed E-state index contributed by atoms with van der Waals surface area (Å²) >= 11 is 5.97. The Labute approximate surface area is 126 Å². The standard InChI is InChI=1S/C14H22ClNO3S/c1-4-5-12(9-20(16,17)18)8-19-14-10(2)6-13(15)7-11(14)3/h6-7,12H,4-5,8-9H2,1-3H3,(H2,16,17,18). The van der Waals surface area contributed by atoms with E-state index in [9.17, 15) is 8.42 Å². The molecule has 0 radical (unpaired) electrons. The molecule has 0 aliphatic rings. The number of aryl methyl sites for hydroxylation is 2. The van der Waals surface area contributed by atoms with Crippen molar-refractivity contribution in [1.29, 1.82) is 0 Å². The molecule has 1 atom stereocenters. The van der Waals surface area contributed by atoms with Gasteiger partial charge in [0.15, 0.2) is 0 Å². The lowest BCUT2D eigenvalue weighted by atomic mass is 10.1. The first kappa shape index (κ1) is 17.3.